The van der Waals surface area contributed by atoms with Gasteiger partial charge in [-0.1, -0.05) is 0 Å². The summed E-state index contributed by atoms with van der Waals surface area (Å²) in [5, 5.41) is 2.85. The van der Waals surface area contributed by atoms with Crippen LogP contribution < -0.4 is 5.32 Å². The van der Waals surface area contributed by atoms with Crippen LogP contribution in [0.15, 0.2) is 23.7 Å². The number of hydrogen-bond acceptors (Lipinski definition) is 5. The monoisotopic (exact) mass is 310 g/mol. The second-order valence-corrected chi connectivity index (χ2v) is 8.46. The van der Waals surface area contributed by atoms with E-state index in [2.05, 4.69) is 10.3 Å². The first-order valence-corrected chi connectivity index (χ1v) is 8.93. The van der Waals surface area contributed by atoms with E-state index >= 15 is 0 Å². The van der Waals surface area contributed by atoms with Crippen LogP contribution in [0.2, 0.25) is 0 Å². The minimum atomic E-state index is -3.03. The molecule has 3 rings (SSSR count). The van der Waals surface area contributed by atoms with E-state index in [9.17, 15) is 13.2 Å². The molecule has 1 saturated heterocycles. The molecule has 0 bridgehead atoms. The molecule has 1 atom stereocenters. The highest BCUT2D eigenvalue weighted by atomic mass is 32.2. The van der Waals surface area contributed by atoms with E-state index in [-0.39, 0.29) is 17.4 Å². The van der Waals surface area contributed by atoms with Crippen molar-refractivity contribution < 1.29 is 13.2 Å². The zero-order chi connectivity index (χ0) is 14.4. The van der Waals surface area contributed by atoms with E-state index in [1.807, 2.05) is 0 Å². The second-order valence-electron chi connectivity index (χ2n) is 5.39. The number of rotatable bonds is 2. The Balaban J connectivity index is 1.82. The number of aromatic nitrogens is 1. The van der Waals surface area contributed by atoms with Crippen molar-refractivity contribution in [2.75, 3.05) is 11.5 Å². The number of hydrogen-bond donors (Lipinski definition) is 1. The van der Waals surface area contributed by atoms with Crippen molar-refractivity contribution in [1.82, 2.24) is 10.3 Å². The molecule has 5 nitrogen and oxygen atoms in total. The lowest BCUT2D eigenvalue weighted by Gasteiger charge is -2.23. The summed E-state index contributed by atoms with van der Waals surface area (Å²) >= 11 is 1.47. The minimum absolute atomic E-state index is 0.00847. The Morgan fingerprint density at radius 1 is 1.45 bits per heavy atom. The molecule has 2 aromatic rings. The summed E-state index contributed by atoms with van der Waals surface area (Å²) in [5.41, 5.74) is 2.46. The van der Waals surface area contributed by atoms with Crippen LogP contribution in [0.4, 0.5) is 0 Å². The standard InChI is InChI=1S/C13H14N2O3S2/c1-13(4-5-20(17,18)7-13)15-12(16)9-2-3-10-11(6-9)19-8-14-10/h2-3,6,8H,4-5,7H2,1H3,(H,15,16)/t13-/m0/s1. The van der Waals surface area contributed by atoms with Crippen LogP contribution in [0.3, 0.4) is 0 Å². The van der Waals surface area contributed by atoms with Gasteiger partial charge in [0.1, 0.15) is 0 Å². The summed E-state index contributed by atoms with van der Waals surface area (Å²) in [6.07, 6.45) is 0.462. The summed E-state index contributed by atoms with van der Waals surface area (Å²) in [7, 11) is -3.03. The Labute approximate surface area is 120 Å². The maximum absolute atomic E-state index is 12.3. The van der Waals surface area contributed by atoms with E-state index in [4.69, 9.17) is 0 Å². The third-order valence-corrected chi connectivity index (χ3v) is 6.21. The molecular formula is C13H14N2O3S2. The molecule has 7 heteroatoms. The van der Waals surface area contributed by atoms with Crippen LogP contribution in [-0.4, -0.2) is 36.4 Å². The molecule has 1 fully saturated rings. The number of sulfone groups is 1. The highest BCUT2D eigenvalue weighted by Gasteiger charge is 2.39. The van der Waals surface area contributed by atoms with Crippen LogP contribution in [0.1, 0.15) is 23.7 Å². The number of benzene rings is 1. The van der Waals surface area contributed by atoms with Crippen molar-refractivity contribution in [2.24, 2.45) is 0 Å². The highest BCUT2D eigenvalue weighted by molar-refractivity contribution is 7.91. The predicted molar refractivity (Wildman–Crippen MR) is 78.8 cm³/mol. The maximum Gasteiger partial charge on any atom is 0.251 e. The largest absolute Gasteiger partial charge is 0.346 e. The number of nitrogens with one attached hydrogen (secondary N) is 1. The summed E-state index contributed by atoms with van der Waals surface area (Å²) in [4.78, 5) is 16.4. The molecule has 1 aliphatic rings. The van der Waals surface area contributed by atoms with E-state index in [0.29, 0.717) is 12.0 Å². The van der Waals surface area contributed by atoms with Gasteiger partial charge in [0.25, 0.3) is 5.91 Å². The van der Waals surface area contributed by atoms with Gasteiger partial charge in [0.15, 0.2) is 9.84 Å². The maximum atomic E-state index is 12.3. The molecule has 1 aromatic carbocycles. The molecule has 1 aliphatic heterocycles. The van der Waals surface area contributed by atoms with Crippen molar-refractivity contribution in [1.29, 1.82) is 0 Å². The van der Waals surface area contributed by atoms with Crippen molar-refractivity contribution in [3.8, 4) is 0 Å². The van der Waals surface area contributed by atoms with E-state index in [1.54, 1.807) is 30.6 Å². The van der Waals surface area contributed by atoms with Crippen molar-refractivity contribution in [2.45, 2.75) is 18.9 Å². The fourth-order valence-electron chi connectivity index (χ4n) is 2.45. The smallest absolute Gasteiger partial charge is 0.251 e. The predicted octanol–water partition coefficient (Wildman–Crippen LogP) is 1.60. The van der Waals surface area contributed by atoms with Crippen molar-refractivity contribution in [3.05, 3.63) is 29.3 Å². The molecule has 0 saturated carbocycles. The first-order valence-electron chi connectivity index (χ1n) is 6.23. The number of fused-ring (bicyclic) bond motifs is 1. The van der Waals surface area contributed by atoms with Gasteiger partial charge in [-0.15, -0.1) is 11.3 Å². The number of carbonyl (C=O) groups is 1. The van der Waals surface area contributed by atoms with Crippen LogP contribution in [0.25, 0.3) is 10.2 Å². The quantitative estimate of drug-likeness (QED) is 0.914. The van der Waals surface area contributed by atoms with Crippen LogP contribution in [0, 0.1) is 0 Å². The SMILES string of the molecule is C[C@]1(NC(=O)c2ccc3ncsc3c2)CCS(=O)(=O)C1. The fraction of sp³-hybridized carbons (Fsp3) is 0.385. The molecule has 0 radical (unpaired) electrons. The second kappa shape index (κ2) is 4.53. The third kappa shape index (κ3) is 2.55. The molecule has 1 aromatic heterocycles. The highest BCUT2D eigenvalue weighted by Crippen LogP contribution is 2.24. The average molecular weight is 310 g/mol. The summed E-state index contributed by atoms with van der Waals surface area (Å²) in [6.45, 7) is 1.78. The van der Waals surface area contributed by atoms with Crippen LogP contribution in [-0.2, 0) is 9.84 Å². The first kappa shape index (κ1) is 13.5. The van der Waals surface area contributed by atoms with Gasteiger partial charge in [0.05, 0.1) is 32.8 Å². The Morgan fingerprint density at radius 2 is 2.25 bits per heavy atom. The molecule has 20 heavy (non-hydrogen) atoms. The van der Waals surface area contributed by atoms with Gasteiger partial charge < -0.3 is 5.32 Å². The average Bonchev–Trinajstić information content (AvgIpc) is 2.92. The Bertz CT molecular complexity index is 782. The molecular weight excluding hydrogens is 296 g/mol. The first-order chi connectivity index (χ1) is 9.37. The number of amides is 1. The normalized spacial score (nSPS) is 24.9. The van der Waals surface area contributed by atoms with E-state index in [0.717, 1.165) is 10.2 Å². The molecule has 0 unspecified atom stereocenters. The molecule has 106 valence electrons. The minimum Gasteiger partial charge on any atom is -0.346 e. The van der Waals surface area contributed by atoms with Crippen molar-refractivity contribution >= 4 is 37.3 Å². The van der Waals surface area contributed by atoms with Gasteiger partial charge in [-0.25, -0.2) is 13.4 Å². The van der Waals surface area contributed by atoms with Crippen LogP contribution in [0.5, 0.6) is 0 Å². The molecule has 1 amide bonds. The zero-order valence-corrected chi connectivity index (χ0v) is 12.6. The molecule has 1 N–H and O–H groups in total. The number of carbonyl (C=O) groups excluding carboxylic acids is 1. The summed E-state index contributed by atoms with van der Waals surface area (Å²) in [6, 6.07) is 5.30. The number of thiazole rings is 1. The van der Waals surface area contributed by atoms with E-state index < -0.39 is 15.4 Å². The van der Waals surface area contributed by atoms with Crippen molar-refractivity contribution in [3.63, 3.8) is 0 Å². The summed E-state index contributed by atoms with van der Waals surface area (Å²) < 4.78 is 24.0. The van der Waals surface area contributed by atoms with Crippen LogP contribution >= 0.6 is 11.3 Å². The van der Waals surface area contributed by atoms with Gasteiger partial charge in [-0.05, 0) is 31.5 Å². The molecule has 0 aliphatic carbocycles. The zero-order valence-electron chi connectivity index (χ0n) is 10.9. The topological polar surface area (TPSA) is 76.1 Å². The third-order valence-electron chi connectivity index (χ3n) is 3.51. The Morgan fingerprint density at radius 3 is 2.95 bits per heavy atom. The molecule has 0 spiro atoms. The van der Waals surface area contributed by atoms with Gasteiger partial charge in [-0.2, -0.15) is 0 Å². The van der Waals surface area contributed by atoms with Gasteiger partial charge >= 0.3 is 0 Å². The summed E-state index contributed by atoms with van der Waals surface area (Å²) in [5.74, 6) is -0.0912. The fourth-order valence-corrected chi connectivity index (χ4v) is 5.26. The lowest BCUT2D eigenvalue weighted by Crippen LogP contribution is -2.46. The Hall–Kier alpha value is -1.47. The van der Waals surface area contributed by atoms with Gasteiger partial charge in [0, 0.05) is 5.56 Å². The van der Waals surface area contributed by atoms with Gasteiger partial charge in [0.2, 0.25) is 0 Å². The molecule has 2 heterocycles. The van der Waals surface area contributed by atoms with Gasteiger partial charge in [-0.3, -0.25) is 4.79 Å². The lowest BCUT2D eigenvalue weighted by molar-refractivity contribution is 0.0915. The Kier molecular flexibility index (Phi) is 3.06. The number of nitrogens with zero attached hydrogens (tertiary/aromatic N) is 1. The lowest BCUT2D eigenvalue weighted by atomic mass is 10.0. The van der Waals surface area contributed by atoms with E-state index in [1.165, 1.54) is 11.3 Å².